The molecule has 1 fully saturated rings. The number of halogens is 2. The van der Waals surface area contributed by atoms with Crippen molar-refractivity contribution in [3.05, 3.63) is 28.0 Å². The van der Waals surface area contributed by atoms with Gasteiger partial charge in [0.05, 0.1) is 7.11 Å². The Morgan fingerprint density at radius 2 is 2.35 bits per heavy atom. The maximum absolute atomic E-state index is 14.0. The largest absolute Gasteiger partial charge is 0.494 e. The van der Waals surface area contributed by atoms with Gasteiger partial charge in [-0.2, -0.15) is 0 Å². The molecule has 1 aromatic rings. The van der Waals surface area contributed by atoms with Crippen LogP contribution in [0, 0.1) is 11.7 Å². The summed E-state index contributed by atoms with van der Waals surface area (Å²) in [5, 5.41) is 3.35. The number of hydrogen-bond acceptors (Lipinski definition) is 2. The standard InChI is InChI=1S/C13H17BrFNO/c1-17-12-7-11(14)6-10(13(12)15)5-9-3-2-4-16-8-9/h6-7,9,16H,2-5,8H2,1H3. The van der Waals surface area contributed by atoms with Crippen LogP contribution < -0.4 is 10.1 Å². The van der Waals surface area contributed by atoms with Crippen LogP contribution in [0.15, 0.2) is 16.6 Å². The third kappa shape index (κ3) is 3.19. The van der Waals surface area contributed by atoms with E-state index >= 15 is 0 Å². The van der Waals surface area contributed by atoms with E-state index in [4.69, 9.17) is 4.74 Å². The summed E-state index contributed by atoms with van der Waals surface area (Å²) in [6.07, 6.45) is 3.12. The number of methoxy groups -OCH3 is 1. The van der Waals surface area contributed by atoms with E-state index in [-0.39, 0.29) is 5.82 Å². The highest BCUT2D eigenvalue weighted by atomic mass is 79.9. The molecule has 17 heavy (non-hydrogen) atoms. The average Bonchev–Trinajstić information content (AvgIpc) is 2.34. The summed E-state index contributed by atoms with van der Waals surface area (Å²) in [4.78, 5) is 0. The highest BCUT2D eigenvalue weighted by molar-refractivity contribution is 9.10. The molecule has 0 radical (unpaired) electrons. The van der Waals surface area contributed by atoms with Gasteiger partial charge in [0.1, 0.15) is 0 Å². The number of benzene rings is 1. The Bertz CT molecular complexity index is 391. The summed E-state index contributed by atoms with van der Waals surface area (Å²) in [6, 6.07) is 3.52. The van der Waals surface area contributed by atoms with Crippen LogP contribution >= 0.6 is 15.9 Å². The quantitative estimate of drug-likeness (QED) is 0.926. The maximum atomic E-state index is 14.0. The molecular weight excluding hydrogens is 285 g/mol. The van der Waals surface area contributed by atoms with Crippen LogP contribution in [-0.2, 0) is 6.42 Å². The van der Waals surface area contributed by atoms with Crippen LogP contribution in [0.25, 0.3) is 0 Å². The van der Waals surface area contributed by atoms with Crippen molar-refractivity contribution in [3.63, 3.8) is 0 Å². The van der Waals surface area contributed by atoms with Gasteiger partial charge in [-0.05, 0) is 56.0 Å². The molecule has 2 rings (SSSR count). The Balaban J connectivity index is 2.16. The van der Waals surface area contributed by atoms with Crippen molar-refractivity contribution in [2.75, 3.05) is 20.2 Å². The van der Waals surface area contributed by atoms with E-state index in [1.165, 1.54) is 20.0 Å². The molecule has 0 spiro atoms. The first-order valence-electron chi connectivity index (χ1n) is 5.93. The molecule has 1 saturated heterocycles. The number of hydrogen-bond donors (Lipinski definition) is 1. The molecule has 1 heterocycles. The van der Waals surface area contributed by atoms with Gasteiger partial charge in [0.2, 0.25) is 0 Å². The van der Waals surface area contributed by atoms with Gasteiger partial charge >= 0.3 is 0 Å². The van der Waals surface area contributed by atoms with Gasteiger partial charge in [-0.1, -0.05) is 15.9 Å². The summed E-state index contributed by atoms with van der Waals surface area (Å²) in [6.45, 7) is 2.06. The monoisotopic (exact) mass is 301 g/mol. The van der Waals surface area contributed by atoms with Gasteiger partial charge < -0.3 is 10.1 Å². The first-order chi connectivity index (χ1) is 8.20. The first kappa shape index (κ1) is 12.8. The minimum absolute atomic E-state index is 0.221. The van der Waals surface area contributed by atoms with E-state index in [1.54, 1.807) is 6.07 Å². The van der Waals surface area contributed by atoms with E-state index in [9.17, 15) is 4.39 Å². The van der Waals surface area contributed by atoms with E-state index in [1.807, 2.05) is 6.07 Å². The zero-order chi connectivity index (χ0) is 12.3. The van der Waals surface area contributed by atoms with Crippen molar-refractivity contribution in [2.45, 2.75) is 19.3 Å². The lowest BCUT2D eigenvalue weighted by Gasteiger charge is -2.23. The summed E-state index contributed by atoms with van der Waals surface area (Å²) >= 11 is 3.39. The molecule has 0 aliphatic carbocycles. The summed E-state index contributed by atoms with van der Waals surface area (Å²) < 4.78 is 19.9. The minimum atomic E-state index is -0.221. The molecular formula is C13H17BrFNO. The van der Waals surface area contributed by atoms with Gasteiger partial charge in [-0.25, -0.2) is 4.39 Å². The molecule has 0 bridgehead atoms. The Morgan fingerprint density at radius 3 is 3.00 bits per heavy atom. The number of nitrogens with one attached hydrogen (secondary N) is 1. The van der Waals surface area contributed by atoms with Crippen LogP contribution in [0.4, 0.5) is 4.39 Å². The predicted octanol–water partition coefficient (Wildman–Crippen LogP) is 3.14. The molecule has 94 valence electrons. The zero-order valence-corrected chi connectivity index (χ0v) is 11.5. The number of ether oxygens (including phenoxy) is 1. The maximum Gasteiger partial charge on any atom is 0.168 e. The number of rotatable bonds is 3. The van der Waals surface area contributed by atoms with Gasteiger partial charge in [0.15, 0.2) is 11.6 Å². The van der Waals surface area contributed by atoms with Gasteiger partial charge in [0.25, 0.3) is 0 Å². The third-order valence-corrected chi connectivity index (χ3v) is 3.66. The Morgan fingerprint density at radius 1 is 1.53 bits per heavy atom. The average molecular weight is 302 g/mol. The molecule has 0 aromatic heterocycles. The first-order valence-corrected chi connectivity index (χ1v) is 6.72. The molecule has 1 unspecified atom stereocenters. The fourth-order valence-electron chi connectivity index (χ4n) is 2.32. The number of piperidine rings is 1. The van der Waals surface area contributed by atoms with Crippen LogP contribution in [0.2, 0.25) is 0 Å². The normalized spacial score (nSPS) is 20.3. The second-order valence-corrected chi connectivity index (χ2v) is 5.41. The Labute approximate surface area is 110 Å². The lowest BCUT2D eigenvalue weighted by Crippen LogP contribution is -2.31. The second kappa shape index (κ2) is 5.83. The molecule has 1 atom stereocenters. The predicted molar refractivity (Wildman–Crippen MR) is 69.9 cm³/mol. The highest BCUT2D eigenvalue weighted by Gasteiger charge is 2.18. The van der Waals surface area contributed by atoms with Crippen LogP contribution in [0.1, 0.15) is 18.4 Å². The molecule has 4 heteroatoms. The van der Waals surface area contributed by atoms with E-state index < -0.39 is 0 Å². The Kier molecular flexibility index (Phi) is 4.40. The zero-order valence-electron chi connectivity index (χ0n) is 9.93. The molecule has 0 saturated carbocycles. The van der Waals surface area contributed by atoms with Crippen LogP contribution in [-0.4, -0.2) is 20.2 Å². The summed E-state index contributed by atoms with van der Waals surface area (Å²) in [5.41, 5.74) is 0.741. The fourth-order valence-corrected chi connectivity index (χ4v) is 2.81. The van der Waals surface area contributed by atoms with Crippen molar-refractivity contribution >= 4 is 15.9 Å². The third-order valence-electron chi connectivity index (χ3n) is 3.21. The van der Waals surface area contributed by atoms with Gasteiger partial charge in [0, 0.05) is 4.47 Å². The van der Waals surface area contributed by atoms with E-state index in [0.29, 0.717) is 11.7 Å². The van der Waals surface area contributed by atoms with Gasteiger partial charge in [-0.3, -0.25) is 0 Å². The topological polar surface area (TPSA) is 21.3 Å². The second-order valence-electron chi connectivity index (χ2n) is 4.50. The molecule has 1 aliphatic heterocycles. The highest BCUT2D eigenvalue weighted by Crippen LogP contribution is 2.28. The minimum Gasteiger partial charge on any atom is -0.494 e. The van der Waals surface area contributed by atoms with Crippen LogP contribution in [0.5, 0.6) is 5.75 Å². The summed E-state index contributed by atoms with van der Waals surface area (Å²) in [5.74, 6) is 0.622. The lowest BCUT2D eigenvalue weighted by atomic mass is 9.92. The molecule has 1 aromatic carbocycles. The van der Waals surface area contributed by atoms with Crippen LogP contribution in [0.3, 0.4) is 0 Å². The fraction of sp³-hybridized carbons (Fsp3) is 0.538. The van der Waals surface area contributed by atoms with Crippen molar-refractivity contribution in [1.29, 1.82) is 0 Å². The Hall–Kier alpha value is -0.610. The van der Waals surface area contributed by atoms with Crippen molar-refractivity contribution < 1.29 is 9.13 Å². The van der Waals surface area contributed by atoms with Crippen molar-refractivity contribution in [1.82, 2.24) is 5.32 Å². The molecule has 2 nitrogen and oxygen atoms in total. The van der Waals surface area contributed by atoms with E-state index in [0.717, 1.165) is 29.5 Å². The van der Waals surface area contributed by atoms with E-state index in [2.05, 4.69) is 21.2 Å². The van der Waals surface area contributed by atoms with Crippen molar-refractivity contribution in [3.8, 4) is 5.75 Å². The summed E-state index contributed by atoms with van der Waals surface area (Å²) in [7, 11) is 1.50. The molecule has 1 N–H and O–H groups in total. The molecule has 0 amide bonds. The smallest absolute Gasteiger partial charge is 0.168 e. The van der Waals surface area contributed by atoms with Gasteiger partial charge in [-0.15, -0.1) is 0 Å². The molecule has 1 aliphatic rings. The lowest BCUT2D eigenvalue weighted by molar-refractivity contribution is 0.361. The van der Waals surface area contributed by atoms with Crippen molar-refractivity contribution in [2.24, 2.45) is 5.92 Å². The SMILES string of the molecule is COc1cc(Br)cc(CC2CCCNC2)c1F.